The van der Waals surface area contributed by atoms with Crippen LogP contribution in [0.1, 0.15) is 5.56 Å². The standard InChI is InChI=1S/C19H17FNOP/c1-15-12-13-18-19(14-15)22-23(20,21-18,16-8-4-2-5-9-16)17-10-6-3-7-11-17/h2-14,21H,1H3. The molecule has 0 aliphatic carbocycles. The van der Waals surface area contributed by atoms with Crippen LogP contribution in [-0.2, 0) is 0 Å². The molecular weight excluding hydrogens is 308 g/mol. The molecule has 3 aromatic rings. The van der Waals surface area contributed by atoms with Crippen LogP contribution in [0.4, 0.5) is 9.88 Å². The Morgan fingerprint density at radius 2 is 1.39 bits per heavy atom. The second-order valence-corrected chi connectivity index (χ2v) is 9.11. The molecule has 1 heterocycles. The number of benzene rings is 3. The third kappa shape index (κ3) is 2.04. The van der Waals surface area contributed by atoms with Crippen molar-refractivity contribution in [3.05, 3.63) is 84.4 Å². The second kappa shape index (κ2) is 4.81. The molecule has 4 heteroatoms. The van der Waals surface area contributed by atoms with Gasteiger partial charge < -0.3 is 0 Å². The summed E-state index contributed by atoms with van der Waals surface area (Å²) in [5.74, 6) is 0.567. The van der Waals surface area contributed by atoms with Gasteiger partial charge in [-0.2, -0.15) is 0 Å². The quantitative estimate of drug-likeness (QED) is 0.689. The second-order valence-electron chi connectivity index (χ2n) is 5.81. The fraction of sp³-hybridized carbons (Fsp3) is 0.0526. The van der Waals surface area contributed by atoms with Gasteiger partial charge in [0.1, 0.15) is 0 Å². The van der Waals surface area contributed by atoms with Gasteiger partial charge in [-0.25, -0.2) is 0 Å². The minimum absolute atomic E-state index is 0.540. The van der Waals surface area contributed by atoms with Gasteiger partial charge in [0.2, 0.25) is 0 Å². The molecule has 0 amide bonds. The Morgan fingerprint density at radius 3 is 1.96 bits per heavy atom. The molecule has 1 N–H and O–H groups in total. The molecule has 0 radical (unpaired) electrons. The minimum atomic E-state index is -4.46. The number of aryl methyl sites for hydroxylation is 1. The Balaban J connectivity index is 1.99. The zero-order valence-corrected chi connectivity index (χ0v) is 13.6. The van der Waals surface area contributed by atoms with Crippen molar-refractivity contribution < 1.29 is 8.72 Å². The van der Waals surface area contributed by atoms with E-state index in [1.807, 2.05) is 61.5 Å². The first-order chi connectivity index (χ1) is 11.1. The van der Waals surface area contributed by atoms with Crippen molar-refractivity contribution in [1.29, 1.82) is 0 Å². The summed E-state index contributed by atoms with van der Waals surface area (Å²) in [7, 11) is -4.46. The van der Waals surface area contributed by atoms with E-state index in [0.29, 0.717) is 22.0 Å². The van der Waals surface area contributed by atoms with Crippen LogP contribution in [0.2, 0.25) is 0 Å². The molecule has 1 aliphatic rings. The number of rotatable bonds is 2. The van der Waals surface area contributed by atoms with Crippen molar-refractivity contribution in [3.63, 3.8) is 0 Å². The number of hydrogen-bond donors (Lipinski definition) is 1. The van der Waals surface area contributed by atoms with Gasteiger partial charge in [0.15, 0.2) is 0 Å². The summed E-state index contributed by atoms with van der Waals surface area (Å²) in [5, 5.41) is 4.21. The molecule has 23 heavy (non-hydrogen) atoms. The number of hydrogen-bond acceptors (Lipinski definition) is 2. The van der Waals surface area contributed by atoms with Gasteiger partial charge in [-0.3, -0.25) is 0 Å². The monoisotopic (exact) mass is 325 g/mol. The van der Waals surface area contributed by atoms with E-state index in [4.69, 9.17) is 4.52 Å². The first-order valence-corrected chi connectivity index (χ1v) is 9.58. The first-order valence-electron chi connectivity index (χ1n) is 7.54. The fourth-order valence-corrected chi connectivity index (χ4v) is 6.35. The van der Waals surface area contributed by atoms with Crippen LogP contribution < -0.4 is 20.2 Å². The topological polar surface area (TPSA) is 21.3 Å². The summed E-state index contributed by atoms with van der Waals surface area (Å²) >= 11 is 0. The Hall–Kier alpha value is -2.38. The van der Waals surface area contributed by atoms with Crippen LogP contribution in [0, 0.1) is 6.92 Å². The SMILES string of the molecule is Cc1ccc2c(c1)OP(F)(c1ccccc1)(c1ccccc1)N2. The van der Waals surface area contributed by atoms with Crippen molar-refractivity contribution in [3.8, 4) is 5.75 Å². The average Bonchev–Trinajstić information content (AvgIpc) is 2.91. The third-order valence-electron chi connectivity index (χ3n) is 4.16. The Bertz CT molecular complexity index is 828. The summed E-state index contributed by atoms with van der Waals surface area (Å²) < 4.78 is 23.0. The van der Waals surface area contributed by atoms with E-state index in [9.17, 15) is 0 Å². The predicted octanol–water partition coefficient (Wildman–Crippen LogP) is 4.72. The first kappa shape index (κ1) is 14.2. The van der Waals surface area contributed by atoms with Crippen molar-refractivity contribution in [2.24, 2.45) is 0 Å². The number of anilines is 1. The molecule has 2 nitrogen and oxygen atoms in total. The summed E-state index contributed by atoms with van der Waals surface area (Å²) in [4.78, 5) is 0. The van der Waals surface area contributed by atoms with E-state index in [-0.39, 0.29) is 0 Å². The molecular formula is C19H17FNOP. The van der Waals surface area contributed by atoms with Crippen molar-refractivity contribution in [1.82, 2.24) is 0 Å². The van der Waals surface area contributed by atoms with Gasteiger partial charge in [-0.15, -0.1) is 0 Å². The molecule has 0 aromatic heterocycles. The molecule has 0 spiro atoms. The molecule has 0 saturated carbocycles. The van der Waals surface area contributed by atoms with Crippen molar-refractivity contribution in [2.45, 2.75) is 6.92 Å². The van der Waals surface area contributed by atoms with Gasteiger partial charge in [-0.1, -0.05) is 0 Å². The third-order valence-corrected chi connectivity index (χ3v) is 7.78. The van der Waals surface area contributed by atoms with Gasteiger partial charge in [0, 0.05) is 0 Å². The van der Waals surface area contributed by atoms with E-state index in [1.54, 1.807) is 24.3 Å². The average molecular weight is 325 g/mol. The molecule has 0 atom stereocenters. The summed E-state index contributed by atoms with van der Waals surface area (Å²) in [6.45, 7) is 1.97. The summed E-state index contributed by atoms with van der Waals surface area (Å²) in [5.41, 5.74) is 1.74. The molecule has 1 aliphatic heterocycles. The zero-order chi connectivity index (χ0) is 15.9. The van der Waals surface area contributed by atoms with Crippen molar-refractivity contribution >= 4 is 23.6 Å². The zero-order valence-electron chi connectivity index (χ0n) is 12.7. The maximum absolute atomic E-state index is 16.9. The van der Waals surface area contributed by atoms with E-state index in [0.717, 1.165) is 5.56 Å². The van der Waals surface area contributed by atoms with Gasteiger partial charge in [0.25, 0.3) is 0 Å². The molecule has 4 rings (SSSR count). The van der Waals surface area contributed by atoms with E-state index in [1.165, 1.54) is 0 Å². The normalized spacial score (nSPS) is 18.8. The van der Waals surface area contributed by atoms with E-state index < -0.39 is 7.29 Å². The fourth-order valence-electron chi connectivity index (χ4n) is 2.99. The molecule has 116 valence electrons. The molecule has 0 fully saturated rings. The van der Waals surface area contributed by atoms with Gasteiger partial charge in [0.05, 0.1) is 0 Å². The Labute approximate surface area is 135 Å². The summed E-state index contributed by atoms with van der Waals surface area (Å²) in [6, 6.07) is 24.0. The molecule has 0 saturated heterocycles. The molecule has 3 aromatic carbocycles. The Morgan fingerprint density at radius 1 is 0.826 bits per heavy atom. The van der Waals surface area contributed by atoms with E-state index in [2.05, 4.69) is 5.09 Å². The summed E-state index contributed by atoms with van der Waals surface area (Å²) in [6.07, 6.45) is 0. The van der Waals surface area contributed by atoms with Crippen LogP contribution >= 0.6 is 7.29 Å². The van der Waals surface area contributed by atoms with Crippen LogP contribution in [0.15, 0.2) is 78.9 Å². The molecule has 0 unspecified atom stereocenters. The van der Waals surface area contributed by atoms with Crippen LogP contribution in [0.5, 0.6) is 5.75 Å². The number of nitrogens with one attached hydrogen (secondary N) is 1. The van der Waals surface area contributed by atoms with Gasteiger partial charge >= 0.3 is 134 Å². The predicted molar refractivity (Wildman–Crippen MR) is 95.6 cm³/mol. The van der Waals surface area contributed by atoms with Crippen LogP contribution in [0.25, 0.3) is 0 Å². The molecule has 0 bridgehead atoms. The van der Waals surface area contributed by atoms with E-state index >= 15 is 4.20 Å². The number of fused-ring (bicyclic) bond motifs is 1. The number of halogens is 1. The van der Waals surface area contributed by atoms with Gasteiger partial charge in [-0.05, 0) is 0 Å². The van der Waals surface area contributed by atoms with Crippen molar-refractivity contribution in [2.75, 3.05) is 5.09 Å². The Kier molecular flexibility index (Phi) is 2.97. The van der Waals surface area contributed by atoms with Crippen LogP contribution in [0.3, 0.4) is 0 Å². The van der Waals surface area contributed by atoms with Crippen LogP contribution in [-0.4, -0.2) is 0 Å². The maximum atomic E-state index is 16.9.